The molecule has 3 aromatic rings. The summed E-state index contributed by atoms with van der Waals surface area (Å²) in [6.07, 6.45) is 1.05. The molecule has 0 saturated heterocycles. The first-order chi connectivity index (χ1) is 13.0. The van der Waals surface area contributed by atoms with Gasteiger partial charge in [-0.05, 0) is 49.6 Å². The summed E-state index contributed by atoms with van der Waals surface area (Å²) >= 11 is 12.4. The van der Waals surface area contributed by atoms with Crippen molar-refractivity contribution >= 4 is 29.0 Å². The molecule has 27 heavy (non-hydrogen) atoms. The molecule has 0 radical (unpaired) electrons. The predicted octanol–water partition coefficient (Wildman–Crippen LogP) is 5.32. The molecule has 1 unspecified atom stereocenters. The largest absolute Gasteiger partial charge is 0.349 e. The zero-order valence-corrected chi connectivity index (χ0v) is 16.7. The Kier molecular flexibility index (Phi) is 5.04. The Balaban J connectivity index is 1.67. The number of nitrogens with zero attached hydrogens (tertiary/aromatic N) is 2. The minimum absolute atomic E-state index is 0.0207. The molecule has 0 spiro atoms. The standard InChI is InChI=1S/C21H20Cl2N4/c1-12-19(17-8-7-15(22)11-18(17)23)25-13(2)20(26-12)27-21-16-6-4-3-5-14(16)9-10-24-21/h3-8,11,21,24H,9-10H2,1-2H3,(H,26,27). The highest BCUT2D eigenvalue weighted by Gasteiger charge is 2.21. The minimum atomic E-state index is 0.0207. The van der Waals surface area contributed by atoms with Crippen LogP contribution in [0.4, 0.5) is 5.82 Å². The molecule has 4 nitrogen and oxygen atoms in total. The van der Waals surface area contributed by atoms with Crippen LogP contribution in [0.5, 0.6) is 0 Å². The van der Waals surface area contributed by atoms with Gasteiger partial charge in [0.05, 0.1) is 22.1 Å². The number of anilines is 1. The first kappa shape index (κ1) is 18.2. The lowest BCUT2D eigenvalue weighted by Crippen LogP contribution is -2.35. The summed E-state index contributed by atoms with van der Waals surface area (Å²) in [6.45, 7) is 4.83. The van der Waals surface area contributed by atoms with E-state index in [1.165, 1.54) is 11.1 Å². The van der Waals surface area contributed by atoms with Gasteiger partial charge < -0.3 is 5.32 Å². The van der Waals surface area contributed by atoms with Gasteiger partial charge in [0.1, 0.15) is 12.0 Å². The highest BCUT2D eigenvalue weighted by Crippen LogP contribution is 2.32. The summed E-state index contributed by atoms with van der Waals surface area (Å²) in [4.78, 5) is 9.55. The second-order valence-corrected chi connectivity index (χ2v) is 7.54. The van der Waals surface area contributed by atoms with Crippen LogP contribution in [0, 0.1) is 13.8 Å². The number of hydrogen-bond acceptors (Lipinski definition) is 4. The molecule has 1 atom stereocenters. The fourth-order valence-corrected chi connectivity index (χ4v) is 3.94. The molecule has 1 aromatic heterocycles. The summed E-state index contributed by atoms with van der Waals surface area (Å²) in [5, 5.41) is 8.20. The van der Waals surface area contributed by atoms with Gasteiger partial charge in [0.25, 0.3) is 0 Å². The van der Waals surface area contributed by atoms with Gasteiger partial charge in [0.2, 0.25) is 0 Å². The Labute approximate surface area is 169 Å². The maximum absolute atomic E-state index is 6.36. The monoisotopic (exact) mass is 398 g/mol. The van der Waals surface area contributed by atoms with E-state index in [1.807, 2.05) is 26.0 Å². The number of hydrogen-bond donors (Lipinski definition) is 2. The van der Waals surface area contributed by atoms with Crippen LogP contribution in [0.2, 0.25) is 10.0 Å². The van der Waals surface area contributed by atoms with Crippen LogP contribution in [0.3, 0.4) is 0 Å². The fraction of sp³-hybridized carbons (Fsp3) is 0.238. The molecule has 0 amide bonds. The molecule has 0 fully saturated rings. The molecule has 1 aliphatic heterocycles. The number of fused-ring (bicyclic) bond motifs is 1. The molecule has 6 heteroatoms. The van der Waals surface area contributed by atoms with E-state index in [0.29, 0.717) is 10.0 Å². The van der Waals surface area contributed by atoms with Gasteiger partial charge in [-0.1, -0.05) is 47.5 Å². The Morgan fingerprint density at radius 3 is 2.67 bits per heavy atom. The van der Waals surface area contributed by atoms with Crippen molar-refractivity contribution in [2.45, 2.75) is 26.4 Å². The Hall–Kier alpha value is -2.14. The predicted molar refractivity (Wildman–Crippen MR) is 111 cm³/mol. The van der Waals surface area contributed by atoms with Crippen LogP contribution in [0.1, 0.15) is 28.7 Å². The molecule has 2 aromatic carbocycles. The van der Waals surface area contributed by atoms with E-state index in [1.54, 1.807) is 6.07 Å². The van der Waals surface area contributed by atoms with Crippen molar-refractivity contribution in [3.63, 3.8) is 0 Å². The van der Waals surface area contributed by atoms with Gasteiger partial charge in [0, 0.05) is 17.1 Å². The van der Waals surface area contributed by atoms with Crippen LogP contribution in [-0.2, 0) is 6.42 Å². The molecule has 1 aliphatic rings. The first-order valence-corrected chi connectivity index (χ1v) is 9.67. The zero-order valence-electron chi connectivity index (χ0n) is 15.2. The van der Waals surface area contributed by atoms with Gasteiger partial charge in [-0.25, -0.2) is 9.97 Å². The Morgan fingerprint density at radius 2 is 1.85 bits per heavy atom. The molecular weight excluding hydrogens is 379 g/mol. The Morgan fingerprint density at radius 1 is 1.04 bits per heavy atom. The highest BCUT2D eigenvalue weighted by atomic mass is 35.5. The number of benzene rings is 2. The van der Waals surface area contributed by atoms with Crippen LogP contribution >= 0.6 is 23.2 Å². The average molecular weight is 399 g/mol. The fourth-order valence-electron chi connectivity index (χ4n) is 3.45. The summed E-state index contributed by atoms with van der Waals surface area (Å²) in [6, 6.07) is 13.9. The maximum Gasteiger partial charge on any atom is 0.149 e. The smallest absolute Gasteiger partial charge is 0.149 e. The Bertz CT molecular complexity index is 1000. The van der Waals surface area contributed by atoms with Crippen LogP contribution < -0.4 is 10.6 Å². The zero-order chi connectivity index (χ0) is 19.0. The van der Waals surface area contributed by atoms with Gasteiger partial charge in [-0.2, -0.15) is 0 Å². The number of aryl methyl sites for hydroxylation is 2. The summed E-state index contributed by atoms with van der Waals surface area (Å²) in [5.74, 6) is 0.774. The highest BCUT2D eigenvalue weighted by molar-refractivity contribution is 6.36. The lowest BCUT2D eigenvalue weighted by atomic mass is 9.98. The molecule has 2 heterocycles. The van der Waals surface area contributed by atoms with E-state index < -0.39 is 0 Å². The van der Waals surface area contributed by atoms with E-state index in [4.69, 9.17) is 33.2 Å². The van der Waals surface area contributed by atoms with Crippen molar-refractivity contribution < 1.29 is 0 Å². The number of nitrogens with one attached hydrogen (secondary N) is 2. The van der Waals surface area contributed by atoms with Crippen molar-refractivity contribution in [2.24, 2.45) is 0 Å². The third-order valence-corrected chi connectivity index (χ3v) is 5.37. The minimum Gasteiger partial charge on any atom is -0.349 e. The van der Waals surface area contributed by atoms with E-state index >= 15 is 0 Å². The molecule has 4 rings (SSSR count). The topological polar surface area (TPSA) is 49.8 Å². The summed E-state index contributed by atoms with van der Waals surface area (Å²) < 4.78 is 0. The number of rotatable bonds is 3. The maximum atomic E-state index is 6.36. The van der Waals surface area contributed by atoms with Crippen molar-refractivity contribution in [2.75, 3.05) is 11.9 Å². The first-order valence-electron chi connectivity index (χ1n) is 8.91. The van der Waals surface area contributed by atoms with Gasteiger partial charge in [0.15, 0.2) is 0 Å². The SMILES string of the molecule is Cc1nc(-c2ccc(Cl)cc2Cl)c(C)nc1NC1NCCc2ccccc21. The molecular formula is C21H20Cl2N4. The lowest BCUT2D eigenvalue weighted by Gasteiger charge is -2.28. The van der Waals surface area contributed by atoms with E-state index in [2.05, 4.69) is 34.9 Å². The number of halogens is 2. The molecule has 0 saturated carbocycles. The molecule has 138 valence electrons. The quantitative estimate of drug-likeness (QED) is 0.626. The van der Waals surface area contributed by atoms with Crippen molar-refractivity contribution in [1.82, 2.24) is 15.3 Å². The molecule has 2 N–H and O–H groups in total. The third-order valence-electron chi connectivity index (χ3n) is 4.82. The number of aromatic nitrogens is 2. The second-order valence-electron chi connectivity index (χ2n) is 6.70. The van der Waals surface area contributed by atoms with Crippen molar-refractivity contribution in [3.8, 4) is 11.3 Å². The summed E-state index contributed by atoms with van der Waals surface area (Å²) in [5.41, 5.74) is 5.87. The normalized spacial score (nSPS) is 16.1. The van der Waals surface area contributed by atoms with Gasteiger partial charge in [-0.3, -0.25) is 5.32 Å². The van der Waals surface area contributed by atoms with E-state index in [-0.39, 0.29) is 6.17 Å². The average Bonchev–Trinajstić information content (AvgIpc) is 2.65. The molecule has 0 bridgehead atoms. The van der Waals surface area contributed by atoms with E-state index in [9.17, 15) is 0 Å². The lowest BCUT2D eigenvalue weighted by molar-refractivity contribution is 0.549. The third kappa shape index (κ3) is 3.65. The molecule has 0 aliphatic carbocycles. The van der Waals surface area contributed by atoms with Gasteiger partial charge >= 0.3 is 0 Å². The van der Waals surface area contributed by atoms with Crippen LogP contribution in [0.15, 0.2) is 42.5 Å². The van der Waals surface area contributed by atoms with E-state index in [0.717, 1.165) is 41.4 Å². The van der Waals surface area contributed by atoms with Crippen molar-refractivity contribution in [3.05, 3.63) is 75.0 Å². The van der Waals surface area contributed by atoms with Crippen LogP contribution in [0.25, 0.3) is 11.3 Å². The summed E-state index contributed by atoms with van der Waals surface area (Å²) in [7, 11) is 0. The van der Waals surface area contributed by atoms with Crippen LogP contribution in [-0.4, -0.2) is 16.5 Å². The van der Waals surface area contributed by atoms with Gasteiger partial charge in [-0.15, -0.1) is 0 Å². The van der Waals surface area contributed by atoms with Crippen molar-refractivity contribution in [1.29, 1.82) is 0 Å². The second kappa shape index (κ2) is 7.47.